The average Bonchev–Trinajstić information content (AvgIpc) is 2.57. The van der Waals surface area contributed by atoms with Crippen LogP contribution in [0, 0.1) is 23.4 Å². The van der Waals surface area contributed by atoms with E-state index in [4.69, 9.17) is 0 Å². The molecule has 1 saturated heterocycles. The maximum Gasteiger partial charge on any atom is 0.150 e. The third-order valence-electron chi connectivity index (χ3n) is 3.00. The van der Waals surface area contributed by atoms with Crippen molar-refractivity contribution in [3.8, 4) is 0 Å². The first-order valence-corrected chi connectivity index (χ1v) is 8.03. The van der Waals surface area contributed by atoms with Gasteiger partial charge < -0.3 is 0 Å². The van der Waals surface area contributed by atoms with Gasteiger partial charge in [0.1, 0.15) is 17.5 Å². The maximum atomic E-state index is 13.5. The molecule has 0 bridgehead atoms. The van der Waals surface area contributed by atoms with Crippen LogP contribution in [-0.2, 0) is 9.84 Å². The molecule has 0 aliphatic carbocycles. The van der Waals surface area contributed by atoms with Gasteiger partial charge in [0, 0.05) is 22.5 Å². The van der Waals surface area contributed by atoms with E-state index in [1.807, 2.05) is 0 Å². The number of alkyl halides is 1. The molecule has 1 fully saturated rings. The second kappa shape index (κ2) is 4.85. The molecule has 0 N–H and O–H groups in total. The van der Waals surface area contributed by atoms with E-state index in [1.54, 1.807) is 0 Å². The summed E-state index contributed by atoms with van der Waals surface area (Å²) in [4.78, 5) is -0.768. The quantitative estimate of drug-likeness (QED) is 0.774. The highest BCUT2D eigenvalue weighted by atomic mass is 79.9. The summed E-state index contributed by atoms with van der Waals surface area (Å²) >= 11 is 3.12. The Morgan fingerprint density at radius 2 is 1.78 bits per heavy atom. The highest BCUT2D eigenvalue weighted by Gasteiger charge is 2.35. The minimum atomic E-state index is -3.13. The van der Waals surface area contributed by atoms with Crippen molar-refractivity contribution < 1.29 is 21.6 Å². The summed E-state index contributed by atoms with van der Waals surface area (Å²) in [6.07, 6.45) is 0.342. The van der Waals surface area contributed by atoms with Crippen LogP contribution in [0.4, 0.5) is 13.2 Å². The zero-order valence-electron chi connectivity index (χ0n) is 9.17. The second-order valence-corrected chi connectivity index (χ2v) is 7.56. The molecular weight excluding hydrogens is 333 g/mol. The van der Waals surface area contributed by atoms with Crippen LogP contribution in [0.15, 0.2) is 12.1 Å². The molecule has 100 valence electrons. The van der Waals surface area contributed by atoms with Crippen LogP contribution in [0.5, 0.6) is 0 Å². The first kappa shape index (κ1) is 13.9. The summed E-state index contributed by atoms with van der Waals surface area (Å²) in [5.41, 5.74) is -0.307. The lowest BCUT2D eigenvalue weighted by molar-refractivity contribution is 0.492. The zero-order chi connectivity index (χ0) is 13.5. The molecule has 2 unspecified atom stereocenters. The number of sulfone groups is 1. The molecule has 2 nitrogen and oxygen atoms in total. The van der Waals surface area contributed by atoms with E-state index in [1.165, 1.54) is 0 Å². The fourth-order valence-corrected chi connectivity index (χ4v) is 5.08. The topological polar surface area (TPSA) is 34.1 Å². The predicted molar refractivity (Wildman–Crippen MR) is 64.7 cm³/mol. The molecule has 0 saturated carbocycles. The van der Waals surface area contributed by atoms with E-state index >= 15 is 0 Å². The molecule has 1 aromatic carbocycles. The smallest absolute Gasteiger partial charge is 0.150 e. The SMILES string of the molecule is O=S1(=O)CCC(C(Br)c2c(F)cc(F)cc2F)C1. The van der Waals surface area contributed by atoms with Crippen molar-refractivity contribution in [2.75, 3.05) is 11.5 Å². The van der Waals surface area contributed by atoms with Crippen molar-refractivity contribution >= 4 is 25.8 Å². The molecule has 1 aliphatic rings. The lowest BCUT2D eigenvalue weighted by atomic mass is 9.98. The van der Waals surface area contributed by atoms with Gasteiger partial charge in [-0.2, -0.15) is 0 Å². The van der Waals surface area contributed by atoms with Gasteiger partial charge in [-0.25, -0.2) is 21.6 Å². The zero-order valence-corrected chi connectivity index (χ0v) is 11.6. The van der Waals surface area contributed by atoms with Crippen LogP contribution < -0.4 is 0 Å². The normalized spacial score (nSPS) is 24.1. The Balaban J connectivity index is 2.33. The van der Waals surface area contributed by atoms with Gasteiger partial charge in [-0.15, -0.1) is 0 Å². The fraction of sp³-hybridized carbons (Fsp3) is 0.455. The highest BCUT2D eigenvalue weighted by molar-refractivity contribution is 9.09. The van der Waals surface area contributed by atoms with Crippen LogP contribution >= 0.6 is 15.9 Å². The van der Waals surface area contributed by atoms with Gasteiger partial charge in [0.25, 0.3) is 0 Å². The maximum absolute atomic E-state index is 13.5. The van der Waals surface area contributed by atoms with Gasteiger partial charge in [-0.1, -0.05) is 15.9 Å². The standard InChI is InChI=1S/C11H10BrF3O2S/c12-11(6-1-2-18(16,17)5-6)10-8(14)3-7(13)4-9(10)15/h3-4,6,11H,1-2,5H2. The molecule has 0 spiro atoms. The van der Waals surface area contributed by atoms with Gasteiger partial charge in [0.2, 0.25) is 0 Å². The molecule has 1 aliphatic heterocycles. The first-order chi connectivity index (χ1) is 8.30. The summed E-state index contributed by atoms with van der Waals surface area (Å²) in [6.45, 7) is 0. The Kier molecular flexibility index (Phi) is 3.73. The predicted octanol–water partition coefficient (Wildman–Crippen LogP) is 2.97. The number of rotatable bonds is 2. The summed E-state index contributed by atoms with van der Waals surface area (Å²) in [5, 5.41) is 0. The number of hydrogen-bond acceptors (Lipinski definition) is 2. The summed E-state index contributed by atoms with van der Waals surface area (Å²) < 4.78 is 62.5. The largest absolute Gasteiger partial charge is 0.229 e. The van der Waals surface area contributed by atoms with Crippen molar-refractivity contribution in [1.82, 2.24) is 0 Å². The van der Waals surface area contributed by atoms with Crippen LogP contribution in [0.3, 0.4) is 0 Å². The lowest BCUT2D eigenvalue weighted by Gasteiger charge is -2.17. The number of benzene rings is 1. The van der Waals surface area contributed by atoms with E-state index < -0.39 is 38.0 Å². The molecule has 2 atom stereocenters. The minimum absolute atomic E-state index is 0.0181. The molecular formula is C11H10BrF3O2S. The summed E-state index contributed by atoms with van der Waals surface area (Å²) in [5.74, 6) is -3.49. The van der Waals surface area contributed by atoms with E-state index in [0.29, 0.717) is 18.6 Å². The molecule has 7 heteroatoms. The van der Waals surface area contributed by atoms with E-state index in [0.717, 1.165) is 0 Å². The molecule has 0 radical (unpaired) electrons. The molecule has 2 rings (SSSR count). The monoisotopic (exact) mass is 342 g/mol. The number of halogens is 4. The second-order valence-electron chi connectivity index (χ2n) is 4.35. The third kappa shape index (κ3) is 2.71. The molecule has 18 heavy (non-hydrogen) atoms. The minimum Gasteiger partial charge on any atom is -0.229 e. The number of hydrogen-bond donors (Lipinski definition) is 0. The Labute approximate surface area is 111 Å². The summed E-state index contributed by atoms with van der Waals surface area (Å²) in [7, 11) is -3.13. The molecule has 1 heterocycles. The fourth-order valence-electron chi connectivity index (χ4n) is 2.11. The third-order valence-corrected chi connectivity index (χ3v) is 6.00. The van der Waals surface area contributed by atoms with Crippen LogP contribution in [-0.4, -0.2) is 19.9 Å². The van der Waals surface area contributed by atoms with Gasteiger partial charge in [-0.05, 0) is 12.3 Å². The Hall–Kier alpha value is -0.560. The molecule has 1 aromatic rings. The van der Waals surface area contributed by atoms with E-state index in [-0.39, 0.29) is 17.1 Å². The van der Waals surface area contributed by atoms with Crippen molar-refractivity contribution in [2.24, 2.45) is 5.92 Å². The molecule has 0 amide bonds. The van der Waals surface area contributed by atoms with Gasteiger partial charge >= 0.3 is 0 Å². The lowest BCUT2D eigenvalue weighted by Crippen LogP contribution is -2.13. The Morgan fingerprint density at radius 1 is 1.22 bits per heavy atom. The van der Waals surface area contributed by atoms with Crippen molar-refractivity contribution in [1.29, 1.82) is 0 Å². The van der Waals surface area contributed by atoms with Crippen molar-refractivity contribution in [2.45, 2.75) is 11.2 Å². The van der Waals surface area contributed by atoms with Crippen LogP contribution in [0.25, 0.3) is 0 Å². The van der Waals surface area contributed by atoms with Crippen LogP contribution in [0.1, 0.15) is 16.8 Å². The Bertz CT molecular complexity index is 551. The molecule has 0 aromatic heterocycles. The van der Waals surface area contributed by atoms with Gasteiger partial charge in [0.15, 0.2) is 9.84 Å². The Morgan fingerprint density at radius 3 is 2.22 bits per heavy atom. The first-order valence-electron chi connectivity index (χ1n) is 5.29. The van der Waals surface area contributed by atoms with Gasteiger partial charge in [0.05, 0.1) is 11.5 Å². The van der Waals surface area contributed by atoms with E-state index in [2.05, 4.69) is 15.9 Å². The van der Waals surface area contributed by atoms with Gasteiger partial charge in [-0.3, -0.25) is 0 Å². The van der Waals surface area contributed by atoms with Crippen molar-refractivity contribution in [3.63, 3.8) is 0 Å². The average molecular weight is 343 g/mol. The van der Waals surface area contributed by atoms with E-state index in [9.17, 15) is 21.6 Å². The summed E-state index contributed by atoms with van der Waals surface area (Å²) in [6, 6.07) is 1.19. The van der Waals surface area contributed by atoms with Crippen LogP contribution in [0.2, 0.25) is 0 Å². The van der Waals surface area contributed by atoms with Crippen molar-refractivity contribution in [3.05, 3.63) is 35.1 Å². The highest BCUT2D eigenvalue weighted by Crippen LogP contribution is 2.40.